The van der Waals surface area contributed by atoms with E-state index in [1.54, 1.807) is 6.20 Å². The molecule has 0 saturated carbocycles. The quantitative estimate of drug-likeness (QED) is 0.869. The lowest BCUT2D eigenvalue weighted by atomic mass is 10.2. The fourth-order valence-electron chi connectivity index (χ4n) is 1.58. The van der Waals surface area contributed by atoms with Crippen LogP contribution in [0, 0.1) is 13.8 Å². The molecule has 5 nitrogen and oxygen atoms in total. The zero-order valence-corrected chi connectivity index (χ0v) is 12.2. The Kier molecular flexibility index (Phi) is 4.04. The molecule has 0 aliphatic heterocycles. The highest BCUT2D eigenvalue weighted by Gasteiger charge is 2.12. The number of aryl methyl sites for hydroxylation is 1. The van der Waals surface area contributed by atoms with Crippen LogP contribution >= 0.6 is 11.6 Å². The lowest BCUT2D eigenvalue weighted by Gasteiger charge is -2.11. The minimum absolute atomic E-state index is 0.225. The monoisotopic (exact) mass is 280 g/mol. The molecule has 0 aliphatic rings. The number of oxazole rings is 1. The summed E-state index contributed by atoms with van der Waals surface area (Å²) in [6.45, 7) is 8.28. The highest BCUT2D eigenvalue weighted by molar-refractivity contribution is 6.30. The summed E-state index contributed by atoms with van der Waals surface area (Å²) in [4.78, 5) is 12.9. The number of rotatable bonds is 4. The van der Waals surface area contributed by atoms with E-state index in [4.69, 9.17) is 16.0 Å². The second-order valence-corrected chi connectivity index (χ2v) is 5.08. The van der Waals surface area contributed by atoms with Crippen molar-refractivity contribution in [3.63, 3.8) is 0 Å². The Morgan fingerprint density at radius 2 is 2.05 bits per heavy atom. The fraction of sp³-hybridized carbons (Fsp3) is 0.462. The second-order valence-electron chi connectivity index (χ2n) is 4.72. The molecule has 0 saturated heterocycles. The third-order valence-electron chi connectivity index (χ3n) is 2.70. The molecular weight excluding hydrogens is 264 g/mol. The number of hydrogen-bond acceptors (Lipinski definition) is 5. The van der Waals surface area contributed by atoms with Gasteiger partial charge in [-0.1, -0.05) is 25.4 Å². The zero-order valence-electron chi connectivity index (χ0n) is 11.5. The molecule has 0 unspecified atom stereocenters. The number of anilines is 1. The summed E-state index contributed by atoms with van der Waals surface area (Å²) in [7, 11) is 0. The summed E-state index contributed by atoms with van der Waals surface area (Å²) in [6.07, 6.45) is 1.69. The van der Waals surface area contributed by atoms with E-state index < -0.39 is 0 Å². The molecule has 0 fully saturated rings. The number of nitrogens with zero attached hydrogens (tertiary/aromatic N) is 3. The van der Waals surface area contributed by atoms with Crippen molar-refractivity contribution in [3.8, 4) is 0 Å². The van der Waals surface area contributed by atoms with Crippen molar-refractivity contribution in [2.45, 2.75) is 40.2 Å². The van der Waals surface area contributed by atoms with E-state index in [1.165, 1.54) is 0 Å². The van der Waals surface area contributed by atoms with Crippen molar-refractivity contribution >= 4 is 17.4 Å². The van der Waals surface area contributed by atoms with E-state index in [2.05, 4.69) is 20.3 Å². The van der Waals surface area contributed by atoms with Crippen LogP contribution in [0.5, 0.6) is 0 Å². The van der Waals surface area contributed by atoms with Crippen LogP contribution in [-0.4, -0.2) is 15.0 Å². The molecule has 0 radical (unpaired) electrons. The molecule has 0 aromatic carbocycles. The summed E-state index contributed by atoms with van der Waals surface area (Å²) >= 11 is 6.12. The molecule has 0 aliphatic carbocycles. The van der Waals surface area contributed by atoms with Crippen LogP contribution in [0.3, 0.4) is 0 Å². The third kappa shape index (κ3) is 3.23. The topological polar surface area (TPSA) is 63.8 Å². The highest BCUT2D eigenvalue weighted by atomic mass is 35.5. The molecule has 19 heavy (non-hydrogen) atoms. The highest BCUT2D eigenvalue weighted by Crippen LogP contribution is 2.23. The van der Waals surface area contributed by atoms with E-state index >= 15 is 0 Å². The van der Waals surface area contributed by atoms with Gasteiger partial charge in [-0.15, -0.1) is 0 Å². The molecule has 1 N–H and O–H groups in total. The average molecular weight is 281 g/mol. The van der Waals surface area contributed by atoms with Crippen molar-refractivity contribution in [3.05, 3.63) is 34.4 Å². The Balaban J connectivity index is 2.19. The largest absolute Gasteiger partial charge is 0.444 e. The van der Waals surface area contributed by atoms with Gasteiger partial charge in [-0.25, -0.2) is 15.0 Å². The Morgan fingerprint density at radius 3 is 2.63 bits per heavy atom. The summed E-state index contributed by atoms with van der Waals surface area (Å²) < 4.78 is 5.40. The molecule has 2 rings (SSSR count). The third-order valence-corrected chi connectivity index (χ3v) is 3.06. The lowest BCUT2D eigenvalue weighted by Crippen LogP contribution is -2.08. The first-order valence-electron chi connectivity index (χ1n) is 6.16. The lowest BCUT2D eigenvalue weighted by molar-refractivity contribution is 0.478. The Bertz CT molecular complexity index is 580. The molecule has 2 aromatic heterocycles. The maximum Gasteiger partial charge on any atom is 0.213 e. The first-order valence-corrected chi connectivity index (χ1v) is 6.54. The molecule has 0 spiro atoms. The van der Waals surface area contributed by atoms with Gasteiger partial charge in [0.05, 0.1) is 12.7 Å². The van der Waals surface area contributed by atoms with Crippen LogP contribution in [0.1, 0.15) is 42.8 Å². The molecule has 2 heterocycles. The smallest absolute Gasteiger partial charge is 0.213 e. The predicted molar refractivity (Wildman–Crippen MR) is 74.4 cm³/mol. The number of nitrogens with one attached hydrogen (secondary N) is 1. The molecule has 0 bridgehead atoms. The van der Waals surface area contributed by atoms with Gasteiger partial charge >= 0.3 is 0 Å². The van der Waals surface area contributed by atoms with E-state index in [0.29, 0.717) is 17.6 Å². The van der Waals surface area contributed by atoms with Gasteiger partial charge in [0.15, 0.2) is 0 Å². The van der Waals surface area contributed by atoms with Gasteiger partial charge in [-0.2, -0.15) is 0 Å². The van der Waals surface area contributed by atoms with Gasteiger partial charge in [0.25, 0.3) is 0 Å². The Morgan fingerprint density at radius 1 is 1.32 bits per heavy atom. The van der Waals surface area contributed by atoms with Crippen LogP contribution in [0.15, 0.2) is 10.6 Å². The number of halogens is 1. The molecule has 6 heteroatoms. The van der Waals surface area contributed by atoms with Gasteiger partial charge in [-0.05, 0) is 13.8 Å². The van der Waals surface area contributed by atoms with Crippen molar-refractivity contribution in [1.82, 2.24) is 15.0 Å². The summed E-state index contributed by atoms with van der Waals surface area (Å²) in [5, 5.41) is 3.66. The minimum atomic E-state index is 0.225. The van der Waals surface area contributed by atoms with E-state index in [0.717, 1.165) is 23.0 Å². The van der Waals surface area contributed by atoms with Crippen LogP contribution in [-0.2, 0) is 6.54 Å². The first-order chi connectivity index (χ1) is 8.97. The summed E-state index contributed by atoms with van der Waals surface area (Å²) in [5.41, 5.74) is 0.828. The van der Waals surface area contributed by atoms with Crippen molar-refractivity contribution < 1.29 is 4.42 Å². The van der Waals surface area contributed by atoms with Crippen molar-refractivity contribution in [2.24, 2.45) is 0 Å². The second kappa shape index (κ2) is 5.57. The van der Waals surface area contributed by atoms with E-state index in [-0.39, 0.29) is 5.92 Å². The van der Waals surface area contributed by atoms with Crippen LogP contribution < -0.4 is 5.32 Å². The molecule has 0 atom stereocenters. The minimum Gasteiger partial charge on any atom is -0.444 e. The average Bonchev–Trinajstić information content (AvgIpc) is 2.76. The van der Waals surface area contributed by atoms with Crippen molar-refractivity contribution in [2.75, 3.05) is 5.32 Å². The number of hydrogen-bond donors (Lipinski definition) is 1. The maximum absolute atomic E-state index is 6.12. The van der Waals surface area contributed by atoms with Gasteiger partial charge < -0.3 is 9.73 Å². The molecule has 2 aromatic rings. The van der Waals surface area contributed by atoms with E-state index in [9.17, 15) is 0 Å². The predicted octanol–water partition coefficient (Wildman–Crippen LogP) is 3.47. The van der Waals surface area contributed by atoms with Gasteiger partial charge in [0, 0.05) is 11.5 Å². The van der Waals surface area contributed by atoms with Gasteiger partial charge in [0.1, 0.15) is 22.6 Å². The van der Waals surface area contributed by atoms with Gasteiger partial charge in [-0.3, -0.25) is 0 Å². The first kappa shape index (κ1) is 13.8. The van der Waals surface area contributed by atoms with Crippen LogP contribution in [0.2, 0.25) is 5.15 Å². The molecule has 102 valence electrons. The zero-order chi connectivity index (χ0) is 14.0. The standard InChI is InChI=1S/C13H17ClN4O/c1-7(2)12-17-11(14)9(4)13(18-12)16-6-10-15-5-8(3)19-10/h5,7H,6H2,1-4H3,(H,16,17,18). The Labute approximate surface area is 117 Å². The fourth-order valence-corrected chi connectivity index (χ4v) is 1.75. The maximum atomic E-state index is 6.12. The van der Waals surface area contributed by atoms with E-state index in [1.807, 2.05) is 27.7 Å². The normalized spacial score (nSPS) is 11.1. The van der Waals surface area contributed by atoms with Crippen LogP contribution in [0.4, 0.5) is 5.82 Å². The number of aromatic nitrogens is 3. The summed E-state index contributed by atoms with van der Waals surface area (Å²) in [6, 6.07) is 0. The Hall–Kier alpha value is -1.62. The molecule has 0 amide bonds. The summed E-state index contributed by atoms with van der Waals surface area (Å²) in [5.74, 6) is 3.08. The van der Waals surface area contributed by atoms with Gasteiger partial charge in [0.2, 0.25) is 5.89 Å². The molecular formula is C13H17ClN4O. The van der Waals surface area contributed by atoms with Crippen molar-refractivity contribution in [1.29, 1.82) is 0 Å². The SMILES string of the molecule is Cc1cnc(CNc2nc(C(C)C)nc(Cl)c2C)o1. The van der Waals surface area contributed by atoms with Crippen LogP contribution in [0.25, 0.3) is 0 Å².